The van der Waals surface area contributed by atoms with Gasteiger partial charge in [-0.05, 0) is 32.6 Å². The molecule has 2 aliphatic rings. The first-order valence-corrected chi connectivity index (χ1v) is 9.50. The number of carbonyl (C=O) groups excluding carboxylic acids is 1. The van der Waals surface area contributed by atoms with Gasteiger partial charge in [0.15, 0.2) is 0 Å². The van der Waals surface area contributed by atoms with E-state index in [0.717, 1.165) is 69.9 Å². The SMILES string of the molecule is CCn1ccnc1C1CCCN(C(=O)c2nnc3n2CCCCC3)C1. The zero-order chi connectivity index (χ0) is 17.2. The van der Waals surface area contributed by atoms with Crippen LogP contribution in [0.15, 0.2) is 12.4 Å². The van der Waals surface area contributed by atoms with E-state index in [1.54, 1.807) is 0 Å². The lowest BCUT2D eigenvalue weighted by Gasteiger charge is -2.32. The van der Waals surface area contributed by atoms with E-state index in [9.17, 15) is 4.79 Å². The number of amides is 1. The van der Waals surface area contributed by atoms with E-state index in [0.29, 0.717) is 11.7 Å². The van der Waals surface area contributed by atoms with Gasteiger partial charge >= 0.3 is 0 Å². The van der Waals surface area contributed by atoms with Crippen molar-refractivity contribution in [1.29, 1.82) is 0 Å². The number of piperidine rings is 1. The van der Waals surface area contributed by atoms with Gasteiger partial charge in [0.2, 0.25) is 5.82 Å². The van der Waals surface area contributed by atoms with Gasteiger partial charge in [-0.25, -0.2) is 4.98 Å². The van der Waals surface area contributed by atoms with E-state index >= 15 is 0 Å². The van der Waals surface area contributed by atoms with Crippen molar-refractivity contribution < 1.29 is 4.79 Å². The van der Waals surface area contributed by atoms with Crippen molar-refractivity contribution in [2.45, 2.75) is 64.5 Å². The number of imidazole rings is 1. The Morgan fingerprint density at radius 3 is 3.00 bits per heavy atom. The fourth-order valence-electron chi connectivity index (χ4n) is 4.11. The number of aryl methyl sites for hydroxylation is 2. The van der Waals surface area contributed by atoms with Crippen LogP contribution >= 0.6 is 0 Å². The molecule has 25 heavy (non-hydrogen) atoms. The minimum atomic E-state index is 0.0277. The van der Waals surface area contributed by atoms with Gasteiger partial charge in [0.25, 0.3) is 5.91 Å². The van der Waals surface area contributed by atoms with Crippen molar-refractivity contribution in [3.63, 3.8) is 0 Å². The normalized spacial score (nSPS) is 21.0. The molecule has 0 spiro atoms. The first-order valence-electron chi connectivity index (χ1n) is 9.50. The van der Waals surface area contributed by atoms with Gasteiger partial charge in [0.05, 0.1) is 0 Å². The second kappa shape index (κ2) is 6.98. The molecule has 4 rings (SSSR count). The molecule has 4 heterocycles. The van der Waals surface area contributed by atoms with E-state index in [-0.39, 0.29) is 5.91 Å². The number of nitrogens with zero attached hydrogens (tertiary/aromatic N) is 6. The minimum Gasteiger partial charge on any atom is -0.335 e. The van der Waals surface area contributed by atoms with E-state index in [4.69, 9.17) is 0 Å². The number of carbonyl (C=O) groups is 1. The number of hydrogen-bond acceptors (Lipinski definition) is 4. The van der Waals surface area contributed by atoms with E-state index in [2.05, 4.69) is 26.7 Å². The van der Waals surface area contributed by atoms with Crippen LogP contribution in [0, 0.1) is 0 Å². The highest BCUT2D eigenvalue weighted by Crippen LogP contribution is 2.27. The minimum absolute atomic E-state index is 0.0277. The molecule has 0 radical (unpaired) electrons. The van der Waals surface area contributed by atoms with Crippen molar-refractivity contribution in [3.05, 3.63) is 29.9 Å². The van der Waals surface area contributed by atoms with Crippen LogP contribution < -0.4 is 0 Å². The van der Waals surface area contributed by atoms with Crippen LogP contribution in [0.2, 0.25) is 0 Å². The van der Waals surface area contributed by atoms with Crippen LogP contribution in [0.25, 0.3) is 0 Å². The summed E-state index contributed by atoms with van der Waals surface area (Å²) >= 11 is 0. The molecule has 2 aliphatic heterocycles. The monoisotopic (exact) mass is 342 g/mol. The van der Waals surface area contributed by atoms with Gasteiger partial charge in [0.1, 0.15) is 11.6 Å². The predicted molar refractivity (Wildman–Crippen MR) is 93.4 cm³/mol. The average molecular weight is 342 g/mol. The summed E-state index contributed by atoms with van der Waals surface area (Å²) in [6.45, 7) is 5.42. The summed E-state index contributed by atoms with van der Waals surface area (Å²) in [6, 6.07) is 0. The van der Waals surface area contributed by atoms with Crippen LogP contribution in [0.3, 0.4) is 0 Å². The predicted octanol–water partition coefficient (Wildman–Crippen LogP) is 2.24. The number of rotatable bonds is 3. The lowest BCUT2D eigenvalue weighted by Crippen LogP contribution is -2.41. The van der Waals surface area contributed by atoms with Crippen molar-refractivity contribution in [2.75, 3.05) is 13.1 Å². The Balaban J connectivity index is 1.54. The molecule has 0 bridgehead atoms. The topological polar surface area (TPSA) is 68.8 Å². The Kier molecular flexibility index (Phi) is 4.55. The van der Waals surface area contributed by atoms with Crippen molar-refractivity contribution in [3.8, 4) is 0 Å². The first kappa shape index (κ1) is 16.3. The number of aromatic nitrogens is 5. The maximum absolute atomic E-state index is 13.1. The molecule has 0 saturated carbocycles. The molecule has 1 saturated heterocycles. The van der Waals surface area contributed by atoms with E-state index in [1.807, 2.05) is 21.9 Å². The lowest BCUT2D eigenvalue weighted by atomic mass is 9.97. The molecule has 1 unspecified atom stereocenters. The number of likely N-dealkylation sites (tertiary alicyclic amines) is 1. The second-order valence-corrected chi connectivity index (χ2v) is 7.06. The molecule has 134 valence electrons. The molecule has 1 fully saturated rings. The molecule has 2 aromatic rings. The van der Waals surface area contributed by atoms with Gasteiger partial charge in [-0.3, -0.25) is 4.79 Å². The quantitative estimate of drug-likeness (QED) is 0.858. The fourth-order valence-corrected chi connectivity index (χ4v) is 4.11. The van der Waals surface area contributed by atoms with Crippen LogP contribution in [0.4, 0.5) is 0 Å². The van der Waals surface area contributed by atoms with Gasteiger partial charge in [-0.2, -0.15) is 0 Å². The first-order chi connectivity index (χ1) is 12.3. The van der Waals surface area contributed by atoms with Crippen LogP contribution in [-0.2, 0) is 19.5 Å². The maximum Gasteiger partial charge on any atom is 0.291 e. The van der Waals surface area contributed by atoms with Gasteiger partial charge in [-0.1, -0.05) is 6.42 Å². The molecule has 2 aromatic heterocycles. The summed E-state index contributed by atoms with van der Waals surface area (Å²) in [5.74, 6) is 2.92. The summed E-state index contributed by atoms with van der Waals surface area (Å²) in [4.78, 5) is 19.6. The molecular formula is C18H26N6O. The standard InChI is InChI=1S/C18H26N6O/c1-2-22-12-9-19-16(22)14-7-6-10-23(13-14)18(25)17-21-20-15-8-4-3-5-11-24(15)17/h9,12,14H,2-8,10-11,13H2,1H3. The third-order valence-electron chi connectivity index (χ3n) is 5.46. The third-order valence-corrected chi connectivity index (χ3v) is 5.46. The zero-order valence-corrected chi connectivity index (χ0v) is 14.9. The zero-order valence-electron chi connectivity index (χ0n) is 14.9. The van der Waals surface area contributed by atoms with Crippen molar-refractivity contribution in [1.82, 2.24) is 29.2 Å². The van der Waals surface area contributed by atoms with E-state index in [1.165, 1.54) is 6.42 Å². The van der Waals surface area contributed by atoms with Gasteiger partial charge < -0.3 is 14.0 Å². The molecule has 0 N–H and O–H groups in total. The molecular weight excluding hydrogens is 316 g/mol. The summed E-state index contributed by atoms with van der Waals surface area (Å²) in [6.07, 6.45) is 10.3. The van der Waals surface area contributed by atoms with Crippen molar-refractivity contribution >= 4 is 5.91 Å². The Morgan fingerprint density at radius 2 is 2.12 bits per heavy atom. The molecule has 0 aromatic carbocycles. The lowest BCUT2D eigenvalue weighted by molar-refractivity contribution is 0.0685. The molecule has 7 nitrogen and oxygen atoms in total. The fraction of sp³-hybridized carbons (Fsp3) is 0.667. The van der Waals surface area contributed by atoms with Gasteiger partial charge in [-0.15, -0.1) is 10.2 Å². The molecule has 1 atom stereocenters. The smallest absolute Gasteiger partial charge is 0.291 e. The largest absolute Gasteiger partial charge is 0.335 e. The average Bonchev–Trinajstić information content (AvgIpc) is 3.22. The Hall–Kier alpha value is -2.18. The summed E-state index contributed by atoms with van der Waals surface area (Å²) in [5, 5.41) is 8.51. The van der Waals surface area contributed by atoms with Gasteiger partial charge in [0, 0.05) is 50.9 Å². The maximum atomic E-state index is 13.1. The molecule has 0 aliphatic carbocycles. The highest BCUT2D eigenvalue weighted by atomic mass is 16.2. The van der Waals surface area contributed by atoms with Crippen LogP contribution in [-0.4, -0.2) is 48.2 Å². The second-order valence-electron chi connectivity index (χ2n) is 7.06. The summed E-state index contributed by atoms with van der Waals surface area (Å²) in [5.41, 5.74) is 0. The summed E-state index contributed by atoms with van der Waals surface area (Å²) in [7, 11) is 0. The highest BCUT2D eigenvalue weighted by molar-refractivity contribution is 5.90. The van der Waals surface area contributed by atoms with Crippen molar-refractivity contribution in [2.24, 2.45) is 0 Å². The Morgan fingerprint density at radius 1 is 1.20 bits per heavy atom. The van der Waals surface area contributed by atoms with Crippen LogP contribution in [0.5, 0.6) is 0 Å². The Labute approximate surface area is 148 Å². The number of hydrogen-bond donors (Lipinski definition) is 0. The van der Waals surface area contributed by atoms with Crippen LogP contribution in [0.1, 0.15) is 67.2 Å². The molecule has 7 heteroatoms. The molecule has 1 amide bonds. The summed E-state index contributed by atoms with van der Waals surface area (Å²) < 4.78 is 4.23. The number of fused-ring (bicyclic) bond motifs is 1. The highest BCUT2D eigenvalue weighted by Gasteiger charge is 2.31. The Bertz CT molecular complexity index is 749. The third kappa shape index (κ3) is 3.07. The van der Waals surface area contributed by atoms with E-state index < -0.39 is 0 Å².